The van der Waals surface area contributed by atoms with E-state index in [-0.39, 0.29) is 0 Å². The van der Waals surface area contributed by atoms with E-state index in [1.54, 1.807) is 0 Å². The Bertz CT molecular complexity index is 3920. The van der Waals surface area contributed by atoms with Crippen molar-refractivity contribution in [3.05, 3.63) is 206 Å². The molecule has 0 atom stereocenters. The summed E-state index contributed by atoms with van der Waals surface area (Å²) >= 11 is 0. The van der Waals surface area contributed by atoms with Gasteiger partial charge >= 0.3 is 0 Å². The second-order valence-corrected chi connectivity index (χ2v) is 15.9. The van der Waals surface area contributed by atoms with E-state index in [2.05, 4.69) is 144 Å². The van der Waals surface area contributed by atoms with E-state index in [0.29, 0.717) is 17.5 Å². The summed E-state index contributed by atoms with van der Waals surface area (Å²) in [7, 11) is 0. The van der Waals surface area contributed by atoms with E-state index in [4.69, 9.17) is 23.8 Å². The summed E-state index contributed by atoms with van der Waals surface area (Å²) < 4.78 is 15.2. The van der Waals surface area contributed by atoms with E-state index in [1.165, 1.54) is 21.8 Å². The minimum atomic E-state index is 0.560. The van der Waals surface area contributed by atoms with Crippen LogP contribution in [0.4, 0.5) is 0 Å². The third kappa shape index (κ3) is 5.69. The van der Waals surface area contributed by atoms with Crippen LogP contribution in [0.15, 0.2) is 215 Å². The van der Waals surface area contributed by atoms with Crippen LogP contribution < -0.4 is 0 Å². The topological polar surface area (TPSA) is 69.9 Å². The number of hydrogen-bond donors (Lipinski definition) is 0. The molecule has 4 heterocycles. The van der Waals surface area contributed by atoms with Gasteiger partial charge in [0.2, 0.25) is 0 Å². The second kappa shape index (κ2) is 14.0. The van der Waals surface area contributed by atoms with Crippen molar-refractivity contribution in [2.45, 2.75) is 0 Å². The van der Waals surface area contributed by atoms with E-state index < -0.39 is 0 Å². The quantitative estimate of drug-likeness (QED) is 0.167. The average Bonchev–Trinajstić information content (AvgIpc) is 4.03. The fourth-order valence-electron chi connectivity index (χ4n) is 9.37. The zero-order valence-electron chi connectivity index (χ0n) is 33.7. The third-order valence-corrected chi connectivity index (χ3v) is 12.3. The Morgan fingerprint density at radius 3 is 1.68 bits per heavy atom. The molecule has 0 aliphatic rings. The number of hydrogen-bond acceptors (Lipinski definition) is 5. The maximum atomic E-state index is 6.57. The number of benzene rings is 9. The molecule has 6 nitrogen and oxygen atoms in total. The fourth-order valence-corrected chi connectivity index (χ4v) is 9.37. The first-order valence-electron chi connectivity index (χ1n) is 21.1. The minimum absolute atomic E-state index is 0.560. The highest BCUT2D eigenvalue weighted by Gasteiger charge is 2.20. The summed E-state index contributed by atoms with van der Waals surface area (Å²) in [6.07, 6.45) is 0. The molecule has 4 aromatic heterocycles. The summed E-state index contributed by atoms with van der Waals surface area (Å²) in [6.45, 7) is 0. The summed E-state index contributed by atoms with van der Waals surface area (Å²) in [5, 5.41) is 6.50. The summed E-state index contributed by atoms with van der Waals surface area (Å²) in [4.78, 5) is 15.4. The van der Waals surface area contributed by atoms with E-state index >= 15 is 0 Å². The maximum absolute atomic E-state index is 6.57. The first-order chi connectivity index (χ1) is 31.2. The molecule has 0 aliphatic carbocycles. The van der Waals surface area contributed by atoms with Crippen LogP contribution >= 0.6 is 0 Å². The van der Waals surface area contributed by atoms with Crippen LogP contribution in [0.5, 0.6) is 0 Å². The molecule has 63 heavy (non-hydrogen) atoms. The van der Waals surface area contributed by atoms with Crippen LogP contribution in [0.25, 0.3) is 128 Å². The Kier molecular flexibility index (Phi) is 7.80. The van der Waals surface area contributed by atoms with Crippen molar-refractivity contribution in [3.63, 3.8) is 0 Å². The normalized spacial score (nSPS) is 11.8. The molecule has 294 valence electrons. The van der Waals surface area contributed by atoms with Crippen LogP contribution in [0.3, 0.4) is 0 Å². The molecule has 13 aromatic rings. The Labute approximate surface area is 361 Å². The van der Waals surface area contributed by atoms with Gasteiger partial charge in [0.1, 0.15) is 22.3 Å². The highest BCUT2D eigenvalue weighted by atomic mass is 16.3. The van der Waals surface area contributed by atoms with Crippen LogP contribution in [0.1, 0.15) is 0 Å². The molecule has 0 spiro atoms. The zero-order chi connectivity index (χ0) is 41.4. The molecule has 6 heteroatoms. The van der Waals surface area contributed by atoms with Gasteiger partial charge in [-0.2, -0.15) is 0 Å². The molecule has 0 bridgehead atoms. The lowest BCUT2D eigenvalue weighted by Crippen LogP contribution is -2.00. The van der Waals surface area contributed by atoms with Gasteiger partial charge in [0.15, 0.2) is 17.5 Å². The van der Waals surface area contributed by atoms with Crippen molar-refractivity contribution >= 4 is 65.7 Å². The maximum Gasteiger partial charge on any atom is 0.164 e. The van der Waals surface area contributed by atoms with Gasteiger partial charge in [0.25, 0.3) is 0 Å². The van der Waals surface area contributed by atoms with E-state index in [1.807, 2.05) is 66.7 Å². The van der Waals surface area contributed by atoms with Crippen LogP contribution in [0, 0.1) is 0 Å². The number of para-hydroxylation sites is 3. The Hall–Kier alpha value is -8.61. The molecule has 0 radical (unpaired) electrons. The number of aromatic nitrogens is 4. The van der Waals surface area contributed by atoms with Gasteiger partial charge in [-0.3, -0.25) is 0 Å². The summed E-state index contributed by atoms with van der Waals surface area (Å²) in [6, 6.07) is 71.7. The Balaban J connectivity index is 0.966. The number of fused-ring (bicyclic) bond motifs is 9. The fraction of sp³-hybridized carbons (Fsp3) is 0. The summed E-state index contributed by atoms with van der Waals surface area (Å²) in [5.41, 5.74) is 13.8. The predicted molar refractivity (Wildman–Crippen MR) is 256 cm³/mol. The molecule has 0 unspecified atom stereocenters. The van der Waals surface area contributed by atoms with Crippen LogP contribution in [-0.2, 0) is 0 Å². The summed E-state index contributed by atoms with van der Waals surface area (Å²) in [5.74, 6) is 1.71. The number of nitrogens with zero attached hydrogens (tertiary/aromatic N) is 4. The molecular weight excluding hydrogens is 773 g/mol. The molecule has 0 N–H and O–H groups in total. The lowest BCUT2D eigenvalue weighted by Gasteiger charge is -2.12. The van der Waals surface area contributed by atoms with Crippen molar-refractivity contribution in [2.24, 2.45) is 0 Å². The van der Waals surface area contributed by atoms with Gasteiger partial charge < -0.3 is 13.4 Å². The molecule has 0 saturated carbocycles. The zero-order valence-corrected chi connectivity index (χ0v) is 33.7. The molecule has 13 rings (SSSR count). The molecule has 9 aromatic carbocycles. The van der Waals surface area contributed by atoms with Crippen LogP contribution in [0.2, 0.25) is 0 Å². The minimum Gasteiger partial charge on any atom is -0.456 e. The lowest BCUT2D eigenvalue weighted by atomic mass is 9.92. The Morgan fingerprint density at radius 2 is 0.857 bits per heavy atom. The molecule has 0 saturated heterocycles. The highest BCUT2D eigenvalue weighted by Crippen LogP contribution is 2.42. The average molecular weight is 807 g/mol. The molecule has 0 aliphatic heterocycles. The second-order valence-electron chi connectivity index (χ2n) is 15.9. The van der Waals surface area contributed by atoms with Gasteiger partial charge in [-0.25, -0.2) is 15.0 Å². The van der Waals surface area contributed by atoms with Gasteiger partial charge in [0.05, 0.1) is 11.0 Å². The predicted octanol–water partition coefficient (Wildman–Crippen LogP) is 15.1. The third-order valence-electron chi connectivity index (χ3n) is 12.3. The first-order valence-corrected chi connectivity index (χ1v) is 21.1. The highest BCUT2D eigenvalue weighted by molar-refractivity contribution is 6.14. The van der Waals surface area contributed by atoms with E-state index in [0.717, 1.165) is 88.5 Å². The van der Waals surface area contributed by atoms with Crippen LogP contribution in [-0.4, -0.2) is 19.5 Å². The standard InChI is InChI=1S/C57H34N4O2/c1-3-14-35(15-4-1)55-58-56(38-26-29-44-43-21-10-12-24-50(43)63-53(44)34-38)60-57(59-55)45-22-13-25-52-54(45)47-33-37(28-31-51(47)62-52)41-19-8-7-18-40(41)36-27-30-49-46(32-36)42-20-9-11-23-48(42)61(49)39-16-5-2-6-17-39/h1-34H. The SMILES string of the molecule is c1ccc(-c2nc(-c3ccc4c(c3)oc3ccccc34)nc(-c3cccc4oc5ccc(-c6ccccc6-c6ccc7c(c6)c6ccccc6n7-c6ccccc6)cc5c34)n2)cc1. The molecule has 0 amide bonds. The molecular formula is C57H34N4O2. The smallest absolute Gasteiger partial charge is 0.164 e. The number of rotatable bonds is 6. The Morgan fingerprint density at radius 1 is 0.302 bits per heavy atom. The van der Waals surface area contributed by atoms with Crippen molar-refractivity contribution < 1.29 is 8.83 Å². The monoisotopic (exact) mass is 806 g/mol. The van der Waals surface area contributed by atoms with Gasteiger partial charge in [-0.05, 0) is 89.0 Å². The van der Waals surface area contributed by atoms with Gasteiger partial charge in [0, 0.05) is 54.7 Å². The number of furan rings is 2. The largest absolute Gasteiger partial charge is 0.456 e. The van der Waals surface area contributed by atoms with Crippen molar-refractivity contribution in [3.8, 4) is 62.1 Å². The lowest BCUT2D eigenvalue weighted by molar-refractivity contribution is 0.668. The van der Waals surface area contributed by atoms with E-state index in [9.17, 15) is 0 Å². The van der Waals surface area contributed by atoms with Gasteiger partial charge in [-0.15, -0.1) is 0 Å². The van der Waals surface area contributed by atoms with Gasteiger partial charge in [-0.1, -0.05) is 140 Å². The molecule has 0 fully saturated rings. The van der Waals surface area contributed by atoms with Crippen molar-refractivity contribution in [1.29, 1.82) is 0 Å². The van der Waals surface area contributed by atoms with Crippen molar-refractivity contribution in [1.82, 2.24) is 19.5 Å². The van der Waals surface area contributed by atoms with Crippen molar-refractivity contribution in [2.75, 3.05) is 0 Å². The first kappa shape index (κ1) is 35.2.